The predicted octanol–water partition coefficient (Wildman–Crippen LogP) is 1.37. The first-order valence-corrected chi connectivity index (χ1v) is 6.61. The number of ether oxygens (including phenoxy) is 1. The van der Waals surface area contributed by atoms with E-state index in [0.717, 1.165) is 37.5 Å². The summed E-state index contributed by atoms with van der Waals surface area (Å²) in [5.74, 6) is 0.806. The number of benzene rings is 1. The minimum atomic E-state index is -0.0301. The molecule has 0 unspecified atom stereocenters. The summed E-state index contributed by atoms with van der Waals surface area (Å²) in [5, 5.41) is 6.25. The summed E-state index contributed by atoms with van der Waals surface area (Å²) < 4.78 is 5.19. The molecule has 1 heterocycles. The van der Waals surface area contributed by atoms with Gasteiger partial charge in [0.15, 0.2) is 0 Å². The summed E-state index contributed by atoms with van der Waals surface area (Å²) in [7, 11) is 1.64. The molecule has 1 atom stereocenters. The van der Waals surface area contributed by atoms with Crippen molar-refractivity contribution in [3.63, 3.8) is 0 Å². The number of carbonyl (C=O) groups excluding carboxylic acids is 1. The van der Waals surface area contributed by atoms with Crippen LogP contribution in [0, 0.1) is 0 Å². The second kappa shape index (κ2) is 6.43. The molecule has 0 radical (unpaired) electrons. The van der Waals surface area contributed by atoms with Gasteiger partial charge in [-0.1, -0.05) is 12.1 Å². The van der Waals surface area contributed by atoms with Crippen LogP contribution in [0.5, 0.6) is 5.75 Å². The highest BCUT2D eigenvalue weighted by molar-refractivity contribution is 5.74. The average molecular weight is 263 g/mol. The van der Waals surface area contributed by atoms with Crippen molar-refractivity contribution < 1.29 is 9.53 Å². The molecule has 1 aliphatic heterocycles. The first-order valence-electron chi connectivity index (χ1n) is 6.61. The van der Waals surface area contributed by atoms with Gasteiger partial charge in [0.05, 0.1) is 13.2 Å². The number of nitrogens with zero attached hydrogens (tertiary/aromatic N) is 1. The largest absolute Gasteiger partial charge is 0.497 e. The van der Waals surface area contributed by atoms with Crippen LogP contribution < -0.4 is 15.4 Å². The number of methoxy groups -OCH3 is 1. The van der Waals surface area contributed by atoms with Crippen LogP contribution in [0.3, 0.4) is 0 Å². The van der Waals surface area contributed by atoms with E-state index in [9.17, 15) is 4.79 Å². The number of piperazine rings is 1. The summed E-state index contributed by atoms with van der Waals surface area (Å²) in [6.45, 7) is 5.23. The molecule has 0 bridgehead atoms. The molecule has 19 heavy (non-hydrogen) atoms. The molecule has 1 aliphatic rings. The van der Waals surface area contributed by atoms with E-state index >= 15 is 0 Å². The van der Waals surface area contributed by atoms with Gasteiger partial charge in [-0.05, 0) is 24.6 Å². The van der Waals surface area contributed by atoms with Crippen LogP contribution in [-0.2, 0) is 0 Å². The quantitative estimate of drug-likeness (QED) is 0.866. The monoisotopic (exact) mass is 263 g/mol. The fraction of sp³-hybridized carbons (Fsp3) is 0.500. The zero-order valence-corrected chi connectivity index (χ0v) is 11.5. The van der Waals surface area contributed by atoms with Crippen molar-refractivity contribution in [2.75, 3.05) is 33.3 Å². The molecule has 104 valence electrons. The number of nitrogens with one attached hydrogen (secondary N) is 2. The molecule has 1 fully saturated rings. The predicted molar refractivity (Wildman–Crippen MR) is 74.4 cm³/mol. The van der Waals surface area contributed by atoms with E-state index in [2.05, 4.69) is 10.6 Å². The van der Waals surface area contributed by atoms with Crippen molar-refractivity contribution >= 4 is 6.03 Å². The Labute approximate surface area is 113 Å². The van der Waals surface area contributed by atoms with E-state index in [1.807, 2.05) is 36.1 Å². The first-order chi connectivity index (χ1) is 9.20. The molecule has 0 aliphatic carbocycles. The van der Waals surface area contributed by atoms with Crippen LogP contribution in [0.4, 0.5) is 4.79 Å². The number of hydrogen-bond acceptors (Lipinski definition) is 3. The van der Waals surface area contributed by atoms with Gasteiger partial charge in [-0.3, -0.25) is 0 Å². The summed E-state index contributed by atoms with van der Waals surface area (Å²) in [4.78, 5) is 13.9. The zero-order chi connectivity index (χ0) is 13.7. The Morgan fingerprint density at radius 2 is 2.16 bits per heavy atom. The van der Waals surface area contributed by atoms with Crippen LogP contribution in [0.2, 0.25) is 0 Å². The molecule has 0 aromatic heterocycles. The van der Waals surface area contributed by atoms with Gasteiger partial charge >= 0.3 is 6.03 Å². The first kappa shape index (κ1) is 13.7. The van der Waals surface area contributed by atoms with Gasteiger partial charge in [0.25, 0.3) is 0 Å². The minimum absolute atomic E-state index is 0.00294. The van der Waals surface area contributed by atoms with Gasteiger partial charge < -0.3 is 20.3 Å². The lowest BCUT2D eigenvalue weighted by molar-refractivity contribution is 0.187. The highest BCUT2D eigenvalue weighted by Crippen LogP contribution is 2.18. The van der Waals surface area contributed by atoms with E-state index in [1.165, 1.54) is 0 Å². The Balaban J connectivity index is 1.95. The lowest BCUT2D eigenvalue weighted by Gasteiger charge is -2.29. The Morgan fingerprint density at radius 3 is 2.84 bits per heavy atom. The summed E-state index contributed by atoms with van der Waals surface area (Å²) in [5.41, 5.74) is 1.04. The summed E-state index contributed by atoms with van der Waals surface area (Å²) >= 11 is 0. The molecular formula is C14H21N3O2. The molecule has 5 heteroatoms. The number of carbonyl (C=O) groups is 1. The minimum Gasteiger partial charge on any atom is -0.497 e. The third-order valence-corrected chi connectivity index (χ3v) is 3.34. The van der Waals surface area contributed by atoms with Gasteiger partial charge in [-0.2, -0.15) is 0 Å². The number of rotatable bonds is 3. The maximum Gasteiger partial charge on any atom is 0.317 e. The van der Waals surface area contributed by atoms with Crippen molar-refractivity contribution in [2.45, 2.75) is 13.0 Å². The topological polar surface area (TPSA) is 53.6 Å². The molecular weight excluding hydrogens is 242 g/mol. The van der Waals surface area contributed by atoms with Gasteiger partial charge in [0.2, 0.25) is 0 Å². The Morgan fingerprint density at radius 1 is 1.42 bits per heavy atom. The van der Waals surface area contributed by atoms with Crippen LogP contribution in [-0.4, -0.2) is 44.2 Å². The molecule has 0 spiro atoms. The molecule has 1 aromatic rings. The van der Waals surface area contributed by atoms with E-state index in [0.29, 0.717) is 0 Å². The standard InChI is InChI=1S/C14H21N3O2/c1-11(12-4-3-5-13(10-12)19-2)16-14(18)17-8-6-15-7-9-17/h3-5,10-11,15H,6-9H2,1-2H3,(H,16,18)/t11-/m1/s1. The molecule has 1 aromatic carbocycles. The highest BCUT2D eigenvalue weighted by Gasteiger charge is 2.18. The SMILES string of the molecule is COc1cccc([C@@H](C)NC(=O)N2CCNCC2)c1. The molecule has 2 rings (SSSR count). The molecule has 2 amide bonds. The maximum atomic E-state index is 12.1. The van der Waals surface area contributed by atoms with Crippen LogP contribution >= 0.6 is 0 Å². The van der Waals surface area contributed by atoms with Crippen molar-refractivity contribution in [2.24, 2.45) is 0 Å². The average Bonchev–Trinajstić information content (AvgIpc) is 2.48. The van der Waals surface area contributed by atoms with Crippen LogP contribution in [0.25, 0.3) is 0 Å². The zero-order valence-electron chi connectivity index (χ0n) is 11.5. The van der Waals surface area contributed by atoms with Gasteiger partial charge in [0.1, 0.15) is 5.75 Å². The number of amides is 2. The normalized spacial score (nSPS) is 16.8. The van der Waals surface area contributed by atoms with E-state index in [1.54, 1.807) is 7.11 Å². The summed E-state index contributed by atoms with van der Waals surface area (Å²) in [6, 6.07) is 7.73. The van der Waals surface area contributed by atoms with Gasteiger partial charge in [0, 0.05) is 26.2 Å². The van der Waals surface area contributed by atoms with Gasteiger partial charge in [-0.15, -0.1) is 0 Å². The van der Waals surface area contributed by atoms with Crippen LogP contribution in [0.15, 0.2) is 24.3 Å². The maximum absolute atomic E-state index is 12.1. The molecule has 0 saturated carbocycles. The Bertz CT molecular complexity index is 430. The lowest BCUT2D eigenvalue weighted by atomic mass is 10.1. The van der Waals surface area contributed by atoms with Crippen molar-refractivity contribution in [1.29, 1.82) is 0 Å². The Kier molecular flexibility index (Phi) is 4.63. The van der Waals surface area contributed by atoms with E-state index in [4.69, 9.17) is 4.74 Å². The van der Waals surface area contributed by atoms with Gasteiger partial charge in [-0.25, -0.2) is 4.79 Å². The third kappa shape index (κ3) is 3.61. The van der Waals surface area contributed by atoms with E-state index in [-0.39, 0.29) is 12.1 Å². The fourth-order valence-corrected chi connectivity index (χ4v) is 2.14. The second-order valence-electron chi connectivity index (χ2n) is 4.68. The summed E-state index contributed by atoms with van der Waals surface area (Å²) in [6.07, 6.45) is 0. The van der Waals surface area contributed by atoms with E-state index < -0.39 is 0 Å². The van der Waals surface area contributed by atoms with Crippen molar-refractivity contribution in [3.05, 3.63) is 29.8 Å². The molecule has 1 saturated heterocycles. The number of urea groups is 1. The molecule has 2 N–H and O–H groups in total. The lowest BCUT2D eigenvalue weighted by Crippen LogP contribution is -2.50. The fourth-order valence-electron chi connectivity index (χ4n) is 2.14. The smallest absolute Gasteiger partial charge is 0.317 e. The third-order valence-electron chi connectivity index (χ3n) is 3.34. The molecule has 5 nitrogen and oxygen atoms in total. The van der Waals surface area contributed by atoms with Crippen molar-refractivity contribution in [1.82, 2.24) is 15.5 Å². The number of hydrogen-bond donors (Lipinski definition) is 2. The van der Waals surface area contributed by atoms with Crippen LogP contribution in [0.1, 0.15) is 18.5 Å². The Hall–Kier alpha value is -1.75. The highest BCUT2D eigenvalue weighted by atomic mass is 16.5. The second-order valence-corrected chi connectivity index (χ2v) is 4.68. The van der Waals surface area contributed by atoms with Crippen molar-refractivity contribution in [3.8, 4) is 5.75 Å².